The van der Waals surface area contributed by atoms with Gasteiger partial charge in [-0.25, -0.2) is 4.79 Å². The highest BCUT2D eigenvalue weighted by atomic mass is 32.1. The Kier molecular flexibility index (Phi) is 3.98. The molecule has 0 bridgehead atoms. The van der Waals surface area contributed by atoms with E-state index >= 15 is 0 Å². The third-order valence-electron chi connectivity index (χ3n) is 2.86. The predicted molar refractivity (Wildman–Crippen MR) is 67.8 cm³/mol. The van der Waals surface area contributed by atoms with Crippen molar-refractivity contribution in [1.82, 2.24) is 0 Å². The Hall–Kier alpha value is -1.40. The van der Waals surface area contributed by atoms with Gasteiger partial charge in [-0.15, -0.1) is 11.3 Å². The van der Waals surface area contributed by atoms with Crippen LogP contribution in [0.15, 0.2) is 11.4 Å². The van der Waals surface area contributed by atoms with E-state index in [2.05, 4.69) is 10.1 Å². The van der Waals surface area contributed by atoms with Crippen LogP contribution in [0, 0.1) is 5.92 Å². The van der Waals surface area contributed by atoms with E-state index in [1.807, 2.05) is 6.92 Å². The summed E-state index contributed by atoms with van der Waals surface area (Å²) in [6, 6.07) is 1.70. The van der Waals surface area contributed by atoms with Crippen molar-refractivity contribution in [1.29, 1.82) is 0 Å². The number of carbonyl (C=O) groups excluding carboxylic acids is 2. The molecule has 0 saturated carbocycles. The molecule has 98 valence electrons. The fourth-order valence-electron chi connectivity index (χ4n) is 1.89. The van der Waals surface area contributed by atoms with Crippen LogP contribution in [0.2, 0.25) is 0 Å². The van der Waals surface area contributed by atoms with Gasteiger partial charge in [0.05, 0.1) is 31.4 Å². The molecule has 1 saturated heterocycles. The minimum Gasteiger partial charge on any atom is -0.465 e. The zero-order valence-corrected chi connectivity index (χ0v) is 11.1. The summed E-state index contributed by atoms with van der Waals surface area (Å²) in [5, 5.41) is 4.50. The average Bonchev–Trinajstić information content (AvgIpc) is 2.97. The molecule has 1 aromatic rings. The molecule has 0 aromatic carbocycles. The van der Waals surface area contributed by atoms with E-state index in [9.17, 15) is 9.59 Å². The van der Waals surface area contributed by atoms with Crippen LogP contribution in [0.3, 0.4) is 0 Å². The molecule has 2 atom stereocenters. The van der Waals surface area contributed by atoms with Gasteiger partial charge >= 0.3 is 5.97 Å². The average molecular weight is 269 g/mol. The molecule has 2 heterocycles. The minimum atomic E-state index is -0.434. The van der Waals surface area contributed by atoms with Gasteiger partial charge in [-0.2, -0.15) is 0 Å². The summed E-state index contributed by atoms with van der Waals surface area (Å²) in [6.07, 6.45) is 0.826. The Bertz CT molecular complexity index is 457. The van der Waals surface area contributed by atoms with Crippen LogP contribution >= 0.6 is 11.3 Å². The third-order valence-corrected chi connectivity index (χ3v) is 3.76. The number of amides is 1. The highest BCUT2D eigenvalue weighted by Gasteiger charge is 2.29. The molecule has 1 aliphatic rings. The van der Waals surface area contributed by atoms with E-state index in [1.54, 1.807) is 11.4 Å². The Morgan fingerprint density at radius 1 is 1.56 bits per heavy atom. The van der Waals surface area contributed by atoms with E-state index in [-0.39, 0.29) is 17.9 Å². The van der Waals surface area contributed by atoms with Crippen LogP contribution in [-0.4, -0.2) is 31.7 Å². The number of anilines is 1. The monoisotopic (exact) mass is 269 g/mol. The molecule has 0 aliphatic carbocycles. The van der Waals surface area contributed by atoms with E-state index in [0.29, 0.717) is 23.6 Å². The van der Waals surface area contributed by atoms with Gasteiger partial charge in [0.1, 0.15) is 4.88 Å². The molecule has 18 heavy (non-hydrogen) atoms. The number of ether oxygens (including phenoxy) is 2. The van der Waals surface area contributed by atoms with Gasteiger partial charge in [0.25, 0.3) is 0 Å². The second kappa shape index (κ2) is 5.49. The lowest BCUT2D eigenvalue weighted by molar-refractivity contribution is -0.119. The van der Waals surface area contributed by atoms with Gasteiger partial charge in [0.2, 0.25) is 5.91 Å². The number of methoxy groups -OCH3 is 1. The van der Waals surface area contributed by atoms with Crippen LogP contribution in [0.4, 0.5) is 5.69 Å². The zero-order chi connectivity index (χ0) is 13.1. The molecule has 1 aromatic heterocycles. The van der Waals surface area contributed by atoms with Gasteiger partial charge in [-0.05, 0) is 24.8 Å². The number of hydrogen-bond donors (Lipinski definition) is 1. The molecule has 1 aliphatic heterocycles. The fraction of sp³-hybridized carbons (Fsp3) is 0.500. The van der Waals surface area contributed by atoms with Gasteiger partial charge < -0.3 is 14.8 Å². The number of rotatable bonds is 3. The standard InChI is InChI=1S/C12H15NO4S/c1-7-5-8(6-17-7)11(14)13-9-3-4-18-10(9)12(15)16-2/h3-4,7-8H,5-6H2,1-2H3,(H,13,14). The maximum absolute atomic E-state index is 12.0. The maximum Gasteiger partial charge on any atom is 0.350 e. The zero-order valence-electron chi connectivity index (χ0n) is 10.3. The smallest absolute Gasteiger partial charge is 0.350 e. The van der Waals surface area contributed by atoms with Gasteiger partial charge in [0, 0.05) is 0 Å². The molecular formula is C12H15NO4S. The second-order valence-corrected chi connectivity index (χ2v) is 5.14. The van der Waals surface area contributed by atoms with Crippen molar-refractivity contribution < 1.29 is 19.1 Å². The van der Waals surface area contributed by atoms with Crippen LogP contribution in [-0.2, 0) is 14.3 Å². The predicted octanol–water partition coefficient (Wildman–Crippen LogP) is 1.90. The first-order valence-corrected chi connectivity index (χ1v) is 6.58. The van der Waals surface area contributed by atoms with Crippen LogP contribution in [0.5, 0.6) is 0 Å². The summed E-state index contributed by atoms with van der Waals surface area (Å²) >= 11 is 1.25. The molecule has 0 radical (unpaired) electrons. The molecule has 2 unspecified atom stereocenters. The molecule has 1 fully saturated rings. The van der Waals surface area contributed by atoms with Crippen molar-refractivity contribution in [2.24, 2.45) is 5.92 Å². The number of carbonyl (C=O) groups is 2. The van der Waals surface area contributed by atoms with Crippen molar-refractivity contribution in [3.05, 3.63) is 16.3 Å². The summed E-state index contributed by atoms with van der Waals surface area (Å²) in [5.74, 6) is -0.690. The van der Waals surface area contributed by atoms with Crippen molar-refractivity contribution in [2.75, 3.05) is 19.0 Å². The molecule has 0 spiro atoms. The first kappa shape index (κ1) is 13.0. The summed E-state index contributed by atoms with van der Waals surface area (Å²) in [7, 11) is 1.32. The third kappa shape index (κ3) is 2.70. The van der Waals surface area contributed by atoms with Crippen LogP contribution in [0.1, 0.15) is 23.0 Å². The quantitative estimate of drug-likeness (QED) is 0.851. The topological polar surface area (TPSA) is 64.6 Å². The van der Waals surface area contributed by atoms with Crippen LogP contribution in [0.25, 0.3) is 0 Å². The molecule has 1 amide bonds. The van der Waals surface area contributed by atoms with E-state index in [1.165, 1.54) is 18.4 Å². The SMILES string of the molecule is COC(=O)c1sccc1NC(=O)C1COC(C)C1. The molecule has 1 N–H and O–H groups in total. The van der Waals surface area contributed by atoms with Gasteiger partial charge in [0.15, 0.2) is 0 Å². The Balaban J connectivity index is 2.03. The molecule has 2 rings (SSSR count). The maximum atomic E-state index is 12.0. The number of esters is 1. The van der Waals surface area contributed by atoms with E-state index in [0.717, 1.165) is 0 Å². The normalized spacial score (nSPS) is 22.8. The van der Waals surface area contributed by atoms with Crippen LogP contribution < -0.4 is 5.32 Å². The highest BCUT2D eigenvalue weighted by Crippen LogP contribution is 2.26. The second-order valence-electron chi connectivity index (χ2n) is 4.22. The lowest BCUT2D eigenvalue weighted by Gasteiger charge is -2.09. The Labute approximate surface area is 109 Å². The van der Waals surface area contributed by atoms with Crippen molar-refractivity contribution in [3.63, 3.8) is 0 Å². The van der Waals surface area contributed by atoms with E-state index < -0.39 is 5.97 Å². The summed E-state index contributed by atoms with van der Waals surface area (Å²) < 4.78 is 10.0. The summed E-state index contributed by atoms with van der Waals surface area (Å²) in [5.41, 5.74) is 0.511. The van der Waals surface area contributed by atoms with Gasteiger partial charge in [-0.1, -0.05) is 0 Å². The minimum absolute atomic E-state index is 0.108. The van der Waals surface area contributed by atoms with E-state index in [4.69, 9.17) is 4.74 Å². The summed E-state index contributed by atoms with van der Waals surface area (Å²) in [6.45, 7) is 2.38. The lowest BCUT2D eigenvalue weighted by atomic mass is 10.1. The Morgan fingerprint density at radius 2 is 2.33 bits per heavy atom. The lowest BCUT2D eigenvalue weighted by Crippen LogP contribution is -2.23. The van der Waals surface area contributed by atoms with Crippen molar-refractivity contribution >= 4 is 28.9 Å². The number of nitrogens with one attached hydrogen (secondary N) is 1. The van der Waals surface area contributed by atoms with Crippen molar-refractivity contribution in [3.8, 4) is 0 Å². The van der Waals surface area contributed by atoms with Gasteiger partial charge in [-0.3, -0.25) is 4.79 Å². The number of thiophene rings is 1. The Morgan fingerprint density at radius 3 is 2.94 bits per heavy atom. The van der Waals surface area contributed by atoms with Crippen molar-refractivity contribution in [2.45, 2.75) is 19.4 Å². The fourth-order valence-corrected chi connectivity index (χ4v) is 2.66. The molecule has 6 heteroatoms. The highest BCUT2D eigenvalue weighted by molar-refractivity contribution is 7.12. The molecular weight excluding hydrogens is 254 g/mol. The largest absolute Gasteiger partial charge is 0.465 e. The summed E-state index contributed by atoms with van der Waals surface area (Å²) in [4.78, 5) is 23.9. The number of hydrogen-bond acceptors (Lipinski definition) is 5. The molecule has 5 nitrogen and oxygen atoms in total. The first-order chi connectivity index (χ1) is 8.61. The first-order valence-electron chi connectivity index (χ1n) is 5.70.